The van der Waals surface area contributed by atoms with Crippen LogP contribution in [0.2, 0.25) is 5.02 Å². The lowest BCUT2D eigenvalue weighted by atomic mass is 10.1. The molecule has 0 saturated carbocycles. The van der Waals surface area contributed by atoms with E-state index in [1.165, 1.54) is 0 Å². The molecule has 0 bridgehead atoms. The van der Waals surface area contributed by atoms with E-state index in [1.54, 1.807) is 6.20 Å². The highest BCUT2D eigenvalue weighted by molar-refractivity contribution is 6.30. The molecule has 1 fully saturated rings. The van der Waals surface area contributed by atoms with Gasteiger partial charge in [-0.1, -0.05) is 17.7 Å². The van der Waals surface area contributed by atoms with Crippen molar-refractivity contribution >= 4 is 34.8 Å². The molecular formula is C24H25ClN5O3+. The first-order valence-electron chi connectivity index (χ1n) is 11.0. The number of carbonyl (C=O) groups excluding carboxylic acids is 1. The van der Waals surface area contributed by atoms with Gasteiger partial charge in [-0.25, -0.2) is 5.32 Å². The standard InChI is InChI=1S/C24H24ClN5O3/c25-18-2-1-3-19(15-18)27-24-26-7-6-20(28-24)17-4-5-22-21(14-17)30(23(31)16-33-22)9-8-29-10-12-32-13-11-29/h1-7,14-15H,8-13,16H2,(H,26,27,28)/p+1. The SMILES string of the molecule is O=C1COc2ccc(-c3ccnc([NH2+]c4cccc(Cl)c4)n3)cc2N1CCN1CCOCC1. The number of halogens is 1. The van der Waals surface area contributed by atoms with Crippen LogP contribution in [0, 0.1) is 0 Å². The summed E-state index contributed by atoms with van der Waals surface area (Å²) in [6, 6.07) is 15.2. The van der Waals surface area contributed by atoms with Gasteiger partial charge in [0.1, 0.15) is 11.4 Å². The molecule has 8 nitrogen and oxygen atoms in total. The number of carbonyl (C=O) groups is 1. The number of anilines is 1. The smallest absolute Gasteiger partial charge is 0.331 e. The van der Waals surface area contributed by atoms with E-state index in [0.29, 0.717) is 23.3 Å². The van der Waals surface area contributed by atoms with Crippen molar-refractivity contribution in [3.8, 4) is 17.0 Å². The van der Waals surface area contributed by atoms with Gasteiger partial charge in [0.15, 0.2) is 6.61 Å². The molecule has 2 aliphatic heterocycles. The lowest BCUT2D eigenvalue weighted by Gasteiger charge is -2.33. The van der Waals surface area contributed by atoms with E-state index >= 15 is 0 Å². The van der Waals surface area contributed by atoms with E-state index in [2.05, 4.69) is 9.88 Å². The highest BCUT2D eigenvalue weighted by Crippen LogP contribution is 2.35. The van der Waals surface area contributed by atoms with Crippen LogP contribution in [0.15, 0.2) is 54.7 Å². The van der Waals surface area contributed by atoms with Crippen LogP contribution in [0.25, 0.3) is 11.3 Å². The van der Waals surface area contributed by atoms with Crippen molar-refractivity contribution < 1.29 is 19.6 Å². The number of nitrogens with zero attached hydrogens (tertiary/aromatic N) is 4. The molecule has 2 aliphatic rings. The number of ether oxygens (including phenoxy) is 2. The number of benzene rings is 2. The predicted molar refractivity (Wildman–Crippen MR) is 125 cm³/mol. The zero-order valence-electron chi connectivity index (χ0n) is 18.1. The Morgan fingerprint density at radius 2 is 1.94 bits per heavy atom. The number of morpholine rings is 1. The summed E-state index contributed by atoms with van der Waals surface area (Å²) in [7, 11) is 0. The molecule has 0 spiro atoms. The summed E-state index contributed by atoms with van der Waals surface area (Å²) in [5.74, 6) is 1.26. The van der Waals surface area contributed by atoms with E-state index in [0.717, 1.165) is 55.5 Å². The zero-order chi connectivity index (χ0) is 22.6. The number of aromatic nitrogens is 2. The third kappa shape index (κ3) is 5.15. The summed E-state index contributed by atoms with van der Waals surface area (Å²) < 4.78 is 11.1. The average molecular weight is 467 g/mol. The summed E-state index contributed by atoms with van der Waals surface area (Å²) in [5.41, 5.74) is 3.37. The van der Waals surface area contributed by atoms with Crippen LogP contribution >= 0.6 is 11.6 Å². The summed E-state index contributed by atoms with van der Waals surface area (Å²) in [5, 5.41) is 2.55. The number of hydrogen-bond donors (Lipinski definition) is 1. The minimum atomic E-state index is -0.0365. The normalized spacial score (nSPS) is 16.4. The van der Waals surface area contributed by atoms with Gasteiger partial charge in [0.25, 0.3) is 5.91 Å². The van der Waals surface area contributed by atoms with Crippen molar-refractivity contribution in [2.24, 2.45) is 0 Å². The Balaban J connectivity index is 1.38. The lowest BCUT2D eigenvalue weighted by Crippen LogP contribution is -2.72. The number of rotatable bonds is 6. The molecule has 3 aromatic rings. The molecule has 0 unspecified atom stereocenters. The quantitative estimate of drug-likeness (QED) is 0.561. The van der Waals surface area contributed by atoms with Crippen molar-refractivity contribution in [3.63, 3.8) is 0 Å². The van der Waals surface area contributed by atoms with Crippen LogP contribution in [0.1, 0.15) is 0 Å². The van der Waals surface area contributed by atoms with Gasteiger partial charge in [-0.2, -0.15) is 9.97 Å². The summed E-state index contributed by atoms with van der Waals surface area (Å²) in [6.45, 7) is 4.71. The molecule has 0 aliphatic carbocycles. The van der Waals surface area contributed by atoms with E-state index in [9.17, 15) is 4.79 Å². The van der Waals surface area contributed by atoms with Gasteiger partial charge in [0.05, 0.1) is 24.6 Å². The van der Waals surface area contributed by atoms with Crippen LogP contribution in [0.4, 0.5) is 17.3 Å². The summed E-state index contributed by atoms with van der Waals surface area (Å²) >= 11 is 6.09. The molecule has 33 heavy (non-hydrogen) atoms. The molecule has 5 rings (SSSR count). The zero-order valence-corrected chi connectivity index (χ0v) is 18.9. The molecule has 170 valence electrons. The first-order chi connectivity index (χ1) is 16.2. The first kappa shape index (κ1) is 21.8. The second-order valence-corrected chi connectivity index (χ2v) is 8.41. The molecule has 2 N–H and O–H groups in total. The van der Waals surface area contributed by atoms with E-state index < -0.39 is 0 Å². The third-order valence-electron chi connectivity index (χ3n) is 5.76. The molecule has 1 aromatic heterocycles. The Labute approximate surface area is 197 Å². The van der Waals surface area contributed by atoms with Gasteiger partial charge in [-0.05, 0) is 36.4 Å². The second-order valence-electron chi connectivity index (χ2n) is 7.97. The van der Waals surface area contributed by atoms with Crippen molar-refractivity contribution in [1.82, 2.24) is 14.9 Å². The number of hydrogen-bond acceptors (Lipinski definition) is 6. The minimum absolute atomic E-state index is 0.0365. The van der Waals surface area contributed by atoms with Gasteiger partial charge in [0, 0.05) is 49.0 Å². The number of fused-ring (bicyclic) bond motifs is 1. The Morgan fingerprint density at radius 1 is 1.06 bits per heavy atom. The molecule has 1 saturated heterocycles. The lowest BCUT2D eigenvalue weighted by molar-refractivity contribution is -0.487. The maximum atomic E-state index is 12.7. The number of quaternary nitrogens is 1. The second kappa shape index (κ2) is 9.84. The molecule has 0 atom stereocenters. The highest BCUT2D eigenvalue weighted by atomic mass is 35.5. The fraction of sp³-hybridized carbons (Fsp3) is 0.292. The molecule has 1 amide bonds. The maximum absolute atomic E-state index is 12.7. The third-order valence-corrected chi connectivity index (χ3v) is 5.99. The molecule has 3 heterocycles. The van der Waals surface area contributed by atoms with E-state index in [-0.39, 0.29) is 12.5 Å². The Kier molecular flexibility index (Phi) is 6.50. The van der Waals surface area contributed by atoms with E-state index in [4.69, 9.17) is 26.1 Å². The largest absolute Gasteiger partial charge is 0.482 e. The van der Waals surface area contributed by atoms with Crippen LogP contribution < -0.4 is 15.0 Å². The van der Waals surface area contributed by atoms with Gasteiger partial charge in [-0.3, -0.25) is 9.69 Å². The van der Waals surface area contributed by atoms with Crippen LogP contribution in [0.5, 0.6) is 5.75 Å². The van der Waals surface area contributed by atoms with Crippen LogP contribution in [-0.2, 0) is 9.53 Å². The van der Waals surface area contributed by atoms with E-state index in [1.807, 2.05) is 58.7 Å². The predicted octanol–water partition coefficient (Wildman–Crippen LogP) is 2.38. The summed E-state index contributed by atoms with van der Waals surface area (Å²) in [4.78, 5) is 25.9. The topological polar surface area (TPSA) is 84.4 Å². The molecular weight excluding hydrogens is 442 g/mol. The monoisotopic (exact) mass is 466 g/mol. The van der Waals surface area contributed by atoms with Crippen molar-refractivity contribution in [1.29, 1.82) is 0 Å². The Bertz CT molecular complexity index is 1150. The highest BCUT2D eigenvalue weighted by Gasteiger charge is 2.27. The van der Waals surface area contributed by atoms with Gasteiger partial charge in [-0.15, -0.1) is 0 Å². The minimum Gasteiger partial charge on any atom is -0.482 e. The molecule has 9 heteroatoms. The molecule has 2 aromatic carbocycles. The molecule has 0 radical (unpaired) electrons. The van der Waals surface area contributed by atoms with Crippen molar-refractivity contribution in [2.45, 2.75) is 0 Å². The Hall–Kier alpha value is -3.04. The van der Waals surface area contributed by atoms with Crippen LogP contribution in [0.3, 0.4) is 0 Å². The fourth-order valence-corrected chi connectivity index (χ4v) is 4.22. The first-order valence-corrected chi connectivity index (χ1v) is 11.3. The van der Waals surface area contributed by atoms with Crippen LogP contribution in [-0.4, -0.2) is 66.8 Å². The summed E-state index contributed by atoms with van der Waals surface area (Å²) in [6.07, 6.45) is 1.73. The van der Waals surface area contributed by atoms with Gasteiger partial charge < -0.3 is 14.4 Å². The number of amides is 1. The average Bonchev–Trinajstić information content (AvgIpc) is 2.84. The fourth-order valence-electron chi connectivity index (χ4n) is 4.02. The van der Waals surface area contributed by atoms with Crippen molar-refractivity contribution in [2.75, 3.05) is 50.9 Å². The number of nitrogens with two attached hydrogens (primary N) is 1. The van der Waals surface area contributed by atoms with Crippen molar-refractivity contribution in [3.05, 3.63) is 59.8 Å². The van der Waals surface area contributed by atoms with Gasteiger partial charge >= 0.3 is 5.95 Å². The maximum Gasteiger partial charge on any atom is 0.331 e. The Morgan fingerprint density at radius 3 is 2.79 bits per heavy atom. The van der Waals surface area contributed by atoms with Gasteiger partial charge in [0.2, 0.25) is 0 Å².